The molecule has 0 spiro atoms. The maximum atomic E-state index is 12.8. The van der Waals surface area contributed by atoms with Crippen molar-refractivity contribution in [1.82, 2.24) is 20.2 Å². The summed E-state index contributed by atoms with van der Waals surface area (Å²) >= 11 is 0. The second kappa shape index (κ2) is 8.52. The van der Waals surface area contributed by atoms with Crippen LogP contribution in [0.25, 0.3) is 0 Å². The van der Waals surface area contributed by atoms with Crippen LogP contribution in [-0.4, -0.2) is 72.7 Å². The van der Waals surface area contributed by atoms with Crippen molar-refractivity contribution >= 4 is 17.5 Å². The lowest BCUT2D eigenvalue weighted by Crippen LogP contribution is -2.44. The first-order chi connectivity index (χ1) is 14.1. The van der Waals surface area contributed by atoms with Gasteiger partial charge in [-0.15, -0.1) is 0 Å². The number of hydrogen-bond donors (Lipinski definition) is 2. The number of amides is 2. The van der Waals surface area contributed by atoms with Crippen LogP contribution in [0, 0.1) is 0 Å². The minimum Gasteiger partial charge on any atom is -0.489 e. The fourth-order valence-electron chi connectivity index (χ4n) is 3.55. The average molecular weight is 399 g/mol. The van der Waals surface area contributed by atoms with Gasteiger partial charge in [0, 0.05) is 38.1 Å². The predicted molar refractivity (Wildman–Crippen MR) is 106 cm³/mol. The average Bonchev–Trinajstić information content (AvgIpc) is 3.28. The van der Waals surface area contributed by atoms with Gasteiger partial charge < -0.3 is 29.6 Å². The zero-order valence-corrected chi connectivity index (χ0v) is 16.4. The number of fused-ring (bicyclic) bond motifs is 1. The Morgan fingerprint density at radius 2 is 2.14 bits per heavy atom. The molecule has 0 aliphatic carbocycles. The third-order valence-corrected chi connectivity index (χ3v) is 5.29. The molecular formula is C20H25N5O4. The number of nitrogens with one attached hydrogen (secondary N) is 2. The van der Waals surface area contributed by atoms with Crippen molar-refractivity contribution in [2.75, 3.05) is 44.9 Å². The van der Waals surface area contributed by atoms with Gasteiger partial charge in [-0.2, -0.15) is 0 Å². The quantitative estimate of drug-likeness (QED) is 0.771. The summed E-state index contributed by atoms with van der Waals surface area (Å²) in [6.45, 7) is 3.09. The van der Waals surface area contributed by atoms with Crippen LogP contribution in [0.2, 0.25) is 0 Å². The molecular weight excluding hydrogens is 374 g/mol. The van der Waals surface area contributed by atoms with Crippen LogP contribution in [-0.2, 0) is 16.1 Å². The number of H-pyrrole nitrogens is 1. The highest BCUT2D eigenvalue weighted by Gasteiger charge is 2.28. The molecule has 4 rings (SSSR count). The number of nitrogens with zero attached hydrogens (tertiary/aromatic N) is 3. The smallest absolute Gasteiger partial charge is 0.254 e. The van der Waals surface area contributed by atoms with Crippen LogP contribution >= 0.6 is 0 Å². The van der Waals surface area contributed by atoms with E-state index in [-0.39, 0.29) is 24.3 Å². The lowest BCUT2D eigenvalue weighted by molar-refractivity contribution is -0.121. The molecule has 9 nitrogen and oxygen atoms in total. The van der Waals surface area contributed by atoms with Crippen molar-refractivity contribution < 1.29 is 19.1 Å². The summed E-state index contributed by atoms with van der Waals surface area (Å²) in [4.78, 5) is 36.0. The zero-order chi connectivity index (χ0) is 20.2. The Morgan fingerprint density at radius 3 is 2.90 bits per heavy atom. The maximum absolute atomic E-state index is 12.8. The van der Waals surface area contributed by atoms with E-state index in [0.29, 0.717) is 50.8 Å². The molecule has 154 valence electrons. The van der Waals surface area contributed by atoms with E-state index in [1.54, 1.807) is 23.4 Å². The van der Waals surface area contributed by atoms with Gasteiger partial charge in [0.05, 0.1) is 37.9 Å². The second-order valence-electron chi connectivity index (χ2n) is 7.18. The number of morpholine rings is 1. The molecule has 2 amide bonds. The van der Waals surface area contributed by atoms with Gasteiger partial charge in [-0.05, 0) is 18.2 Å². The van der Waals surface area contributed by atoms with Gasteiger partial charge in [-0.3, -0.25) is 9.59 Å². The summed E-state index contributed by atoms with van der Waals surface area (Å²) in [6, 6.07) is 5.35. The third-order valence-electron chi connectivity index (χ3n) is 5.29. The number of ether oxygens (including phenoxy) is 2. The summed E-state index contributed by atoms with van der Waals surface area (Å²) in [7, 11) is 1.93. The summed E-state index contributed by atoms with van der Waals surface area (Å²) in [5, 5.41) is 2.86. The number of aromatic nitrogens is 2. The highest BCUT2D eigenvalue weighted by Crippen LogP contribution is 2.34. The molecule has 1 atom stereocenters. The van der Waals surface area contributed by atoms with Crippen molar-refractivity contribution in [2.45, 2.75) is 19.0 Å². The topological polar surface area (TPSA) is 99.8 Å². The molecule has 0 radical (unpaired) electrons. The normalized spacial score (nSPS) is 18.7. The van der Waals surface area contributed by atoms with Gasteiger partial charge in [0.15, 0.2) is 0 Å². The monoisotopic (exact) mass is 399 g/mol. The lowest BCUT2D eigenvalue weighted by Gasteiger charge is -2.36. The second-order valence-corrected chi connectivity index (χ2v) is 7.18. The first-order valence-electron chi connectivity index (χ1n) is 9.73. The van der Waals surface area contributed by atoms with Crippen LogP contribution in [0.4, 0.5) is 5.69 Å². The lowest BCUT2D eigenvalue weighted by atomic mass is 10.1. The number of rotatable bonds is 5. The van der Waals surface area contributed by atoms with E-state index in [2.05, 4.69) is 15.3 Å². The number of carbonyl (C=O) groups is 2. The van der Waals surface area contributed by atoms with Gasteiger partial charge in [-0.1, -0.05) is 0 Å². The first kappa shape index (κ1) is 19.3. The van der Waals surface area contributed by atoms with E-state index in [0.717, 1.165) is 11.4 Å². The number of benzene rings is 1. The predicted octanol–water partition coefficient (Wildman–Crippen LogP) is 0.786. The largest absolute Gasteiger partial charge is 0.489 e. The van der Waals surface area contributed by atoms with E-state index in [9.17, 15) is 9.59 Å². The van der Waals surface area contributed by atoms with Crippen molar-refractivity contribution in [3.05, 3.63) is 42.0 Å². The summed E-state index contributed by atoms with van der Waals surface area (Å²) in [5.41, 5.74) is 1.43. The van der Waals surface area contributed by atoms with Crippen LogP contribution in [0.15, 0.2) is 30.6 Å². The number of anilines is 1. The van der Waals surface area contributed by atoms with E-state index in [1.165, 1.54) is 0 Å². The molecule has 1 fully saturated rings. The molecule has 0 bridgehead atoms. The van der Waals surface area contributed by atoms with Crippen molar-refractivity contribution in [1.29, 1.82) is 0 Å². The van der Waals surface area contributed by atoms with Gasteiger partial charge in [0.2, 0.25) is 5.91 Å². The molecule has 29 heavy (non-hydrogen) atoms. The summed E-state index contributed by atoms with van der Waals surface area (Å²) in [6.07, 6.45) is 3.66. The zero-order valence-electron chi connectivity index (χ0n) is 16.4. The summed E-state index contributed by atoms with van der Waals surface area (Å²) in [5.74, 6) is 1.34. The van der Waals surface area contributed by atoms with Crippen LogP contribution in [0.1, 0.15) is 22.6 Å². The first-order valence-corrected chi connectivity index (χ1v) is 9.73. The molecule has 3 heterocycles. The fourth-order valence-corrected chi connectivity index (χ4v) is 3.55. The minimum absolute atomic E-state index is 0.0113. The molecule has 0 saturated carbocycles. The Kier molecular flexibility index (Phi) is 5.66. The molecule has 1 aromatic carbocycles. The molecule has 2 aromatic rings. The highest BCUT2D eigenvalue weighted by molar-refractivity contribution is 5.96. The Labute approximate surface area is 169 Å². The SMILES string of the molecule is CN1c2cc(C(=O)N3CCOCC3)ccc2OC[C@@H]1CC(=O)NCc1ncc[nH]1. The maximum Gasteiger partial charge on any atom is 0.254 e. The molecule has 1 aromatic heterocycles. The Hall–Kier alpha value is -3.07. The van der Waals surface area contributed by atoms with Crippen molar-refractivity contribution in [3.63, 3.8) is 0 Å². The number of likely N-dealkylation sites (N-methyl/N-ethyl adjacent to an activating group) is 1. The van der Waals surface area contributed by atoms with Crippen molar-refractivity contribution in [3.8, 4) is 5.75 Å². The van der Waals surface area contributed by atoms with Gasteiger partial charge in [-0.25, -0.2) is 4.98 Å². The molecule has 2 N–H and O–H groups in total. The molecule has 1 saturated heterocycles. The number of hydrogen-bond acceptors (Lipinski definition) is 6. The Bertz CT molecular complexity index is 864. The summed E-state index contributed by atoms with van der Waals surface area (Å²) < 4.78 is 11.2. The van der Waals surface area contributed by atoms with Gasteiger partial charge in [0.25, 0.3) is 5.91 Å². The van der Waals surface area contributed by atoms with Crippen LogP contribution in [0.3, 0.4) is 0 Å². The van der Waals surface area contributed by atoms with E-state index in [1.807, 2.05) is 24.1 Å². The fraction of sp³-hybridized carbons (Fsp3) is 0.450. The molecule has 2 aliphatic rings. The van der Waals surface area contributed by atoms with Crippen LogP contribution < -0.4 is 15.0 Å². The standard InChI is InChI=1S/C20H25N5O4/c1-24-15(11-19(26)23-12-18-21-4-5-22-18)13-29-17-3-2-14(10-16(17)24)20(27)25-6-8-28-9-7-25/h2-5,10,15H,6-9,11-13H2,1H3,(H,21,22)(H,23,26)/t15-/m0/s1. The van der Waals surface area contributed by atoms with E-state index < -0.39 is 0 Å². The Balaban J connectivity index is 1.41. The Morgan fingerprint density at radius 1 is 1.31 bits per heavy atom. The third kappa shape index (κ3) is 4.34. The van der Waals surface area contributed by atoms with Gasteiger partial charge in [0.1, 0.15) is 18.2 Å². The number of carbonyl (C=O) groups excluding carboxylic acids is 2. The minimum atomic E-state index is -0.118. The molecule has 0 unspecified atom stereocenters. The highest BCUT2D eigenvalue weighted by atomic mass is 16.5. The van der Waals surface area contributed by atoms with Crippen LogP contribution in [0.5, 0.6) is 5.75 Å². The molecule has 2 aliphatic heterocycles. The van der Waals surface area contributed by atoms with E-state index >= 15 is 0 Å². The number of aromatic amines is 1. The van der Waals surface area contributed by atoms with Gasteiger partial charge >= 0.3 is 0 Å². The molecule has 9 heteroatoms. The van der Waals surface area contributed by atoms with E-state index in [4.69, 9.17) is 9.47 Å². The van der Waals surface area contributed by atoms with Crippen molar-refractivity contribution in [2.24, 2.45) is 0 Å². The number of imidazole rings is 1.